The number of nitrogens with zero attached hydrogens (tertiary/aromatic N) is 2. The zero-order chi connectivity index (χ0) is 14.7. The molecule has 1 saturated heterocycles. The Morgan fingerprint density at radius 2 is 1.90 bits per heavy atom. The number of hydrogen-bond acceptors (Lipinski definition) is 4. The molecular formula is C16H22N2O3. The number of amides is 1. The molecule has 114 valence electrons. The maximum atomic E-state index is 12.5. The Hall–Kier alpha value is -1.75. The van der Waals surface area contributed by atoms with Gasteiger partial charge in [-0.05, 0) is 25.1 Å². The van der Waals surface area contributed by atoms with Crippen molar-refractivity contribution in [3.8, 4) is 11.5 Å². The fraction of sp³-hybridized carbons (Fsp3) is 0.562. The van der Waals surface area contributed by atoms with Gasteiger partial charge in [-0.15, -0.1) is 0 Å². The Kier molecular flexibility index (Phi) is 4.29. The molecule has 1 amide bonds. The molecule has 0 radical (unpaired) electrons. The van der Waals surface area contributed by atoms with E-state index in [1.165, 1.54) is 0 Å². The first kappa shape index (κ1) is 14.2. The molecule has 0 spiro atoms. The highest BCUT2D eigenvalue weighted by Gasteiger charge is 2.32. The zero-order valence-corrected chi connectivity index (χ0v) is 12.5. The molecule has 5 heteroatoms. The number of fused-ring (bicyclic) bond motifs is 1. The van der Waals surface area contributed by atoms with Crippen LogP contribution in [0.2, 0.25) is 0 Å². The van der Waals surface area contributed by atoms with Crippen molar-refractivity contribution in [2.24, 2.45) is 0 Å². The topological polar surface area (TPSA) is 42.0 Å². The van der Waals surface area contributed by atoms with Crippen molar-refractivity contribution in [3.05, 3.63) is 24.3 Å². The van der Waals surface area contributed by atoms with E-state index in [9.17, 15) is 4.79 Å². The first-order valence-electron chi connectivity index (χ1n) is 7.67. The number of benzene rings is 1. The minimum absolute atomic E-state index is 0.0423. The van der Waals surface area contributed by atoms with Crippen molar-refractivity contribution in [2.45, 2.75) is 19.4 Å². The Morgan fingerprint density at radius 1 is 1.19 bits per heavy atom. The maximum Gasteiger partial charge on any atom is 0.267 e. The smallest absolute Gasteiger partial charge is 0.267 e. The van der Waals surface area contributed by atoms with E-state index in [-0.39, 0.29) is 5.91 Å². The van der Waals surface area contributed by atoms with Crippen LogP contribution in [0.4, 0.5) is 0 Å². The van der Waals surface area contributed by atoms with Crippen molar-refractivity contribution < 1.29 is 14.3 Å². The molecule has 0 saturated carbocycles. The highest BCUT2D eigenvalue weighted by molar-refractivity contribution is 5.82. The van der Waals surface area contributed by atoms with Gasteiger partial charge in [0.2, 0.25) is 6.10 Å². The fourth-order valence-electron chi connectivity index (χ4n) is 2.85. The average Bonchev–Trinajstić information content (AvgIpc) is 2.55. The van der Waals surface area contributed by atoms with E-state index >= 15 is 0 Å². The summed E-state index contributed by atoms with van der Waals surface area (Å²) in [5, 5.41) is 0. The van der Waals surface area contributed by atoms with Gasteiger partial charge in [0.15, 0.2) is 11.5 Å². The third kappa shape index (κ3) is 3.13. The number of carbonyl (C=O) groups is 1. The van der Waals surface area contributed by atoms with Gasteiger partial charge in [0.1, 0.15) is 6.61 Å². The van der Waals surface area contributed by atoms with E-state index in [4.69, 9.17) is 9.47 Å². The molecule has 1 atom stereocenters. The van der Waals surface area contributed by atoms with Gasteiger partial charge in [0.05, 0.1) is 0 Å². The molecule has 1 aromatic rings. The number of carbonyl (C=O) groups excluding carboxylic acids is 1. The summed E-state index contributed by atoms with van der Waals surface area (Å²) in [6, 6.07) is 7.49. The number of para-hydroxylation sites is 2. The summed E-state index contributed by atoms with van der Waals surface area (Å²) in [4.78, 5) is 16.8. The summed E-state index contributed by atoms with van der Waals surface area (Å²) in [5.41, 5.74) is 0. The molecule has 0 aromatic heterocycles. The molecule has 2 heterocycles. The summed E-state index contributed by atoms with van der Waals surface area (Å²) in [6.07, 6.45) is 0.641. The van der Waals surface area contributed by atoms with Crippen LogP contribution < -0.4 is 9.47 Å². The van der Waals surface area contributed by atoms with E-state index in [2.05, 4.69) is 11.8 Å². The zero-order valence-electron chi connectivity index (χ0n) is 12.5. The van der Waals surface area contributed by atoms with Crippen LogP contribution in [0.25, 0.3) is 0 Å². The molecule has 1 fully saturated rings. The molecule has 3 rings (SSSR count). The summed E-state index contributed by atoms with van der Waals surface area (Å²) in [7, 11) is 0. The Labute approximate surface area is 125 Å². The van der Waals surface area contributed by atoms with Crippen LogP contribution >= 0.6 is 0 Å². The molecule has 21 heavy (non-hydrogen) atoms. The quantitative estimate of drug-likeness (QED) is 0.843. The monoisotopic (exact) mass is 290 g/mol. The van der Waals surface area contributed by atoms with Gasteiger partial charge in [-0.25, -0.2) is 0 Å². The molecule has 0 aliphatic carbocycles. The molecule has 1 unspecified atom stereocenters. The minimum Gasteiger partial charge on any atom is -0.485 e. The SMILES string of the molecule is CCCN1CCN(C(=O)C2COc3ccccc3O2)CC1. The number of piperazine rings is 1. The summed E-state index contributed by atoms with van der Waals surface area (Å²) in [6.45, 7) is 7.04. The van der Waals surface area contributed by atoms with Gasteiger partial charge in [-0.1, -0.05) is 19.1 Å². The normalized spacial score (nSPS) is 22.1. The average molecular weight is 290 g/mol. The molecular weight excluding hydrogens is 268 g/mol. The van der Waals surface area contributed by atoms with Crippen LogP contribution in [0.5, 0.6) is 11.5 Å². The van der Waals surface area contributed by atoms with Gasteiger partial charge >= 0.3 is 0 Å². The Morgan fingerprint density at radius 3 is 2.62 bits per heavy atom. The third-order valence-corrected chi connectivity index (χ3v) is 4.01. The van der Waals surface area contributed by atoms with Crippen molar-refractivity contribution in [1.82, 2.24) is 9.80 Å². The second-order valence-corrected chi connectivity index (χ2v) is 5.53. The lowest BCUT2D eigenvalue weighted by molar-refractivity contribution is -0.143. The summed E-state index contributed by atoms with van der Waals surface area (Å²) >= 11 is 0. The van der Waals surface area contributed by atoms with Gasteiger partial charge in [-0.3, -0.25) is 9.69 Å². The minimum atomic E-state index is -0.516. The van der Waals surface area contributed by atoms with Crippen LogP contribution in [0, 0.1) is 0 Å². The van der Waals surface area contributed by atoms with Gasteiger partial charge < -0.3 is 14.4 Å². The third-order valence-electron chi connectivity index (χ3n) is 4.01. The molecule has 1 aromatic carbocycles. The van der Waals surface area contributed by atoms with E-state index < -0.39 is 6.10 Å². The van der Waals surface area contributed by atoms with Crippen LogP contribution in [-0.2, 0) is 4.79 Å². The van der Waals surface area contributed by atoms with Crippen molar-refractivity contribution in [1.29, 1.82) is 0 Å². The van der Waals surface area contributed by atoms with Crippen molar-refractivity contribution in [3.63, 3.8) is 0 Å². The lowest BCUT2D eigenvalue weighted by atomic mass is 10.2. The number of rotatable bonds is 3. The fourth-order valence-corrected chi connectivity index (χ4v) is 2.85. The highest BCUT2D eigenvalue weighted by atomic mass is 16.6. The van der Waals surface area contributed by atoms with Gasteiger partial charge in [0.25, 0.3) is 5.91 Å². The predicted octanol–water partition coefficient (Wildman–Crippen LogP) is 1.38. The second-order valence-electron chi connectivity index (χ2n) is 5.53. The Bertz CT molecular complexity index is 498. The predicted molar refractivity (Wildman–Crippen MR) is 79.7 cm³/mol. The molecule has 2 aliphatic heterocycles. The van der Waals surface area contributed by atoms with Crippen molar-refractivity contribution >= 4 is 5.91 Å². The van der Waals surface area contributed by atoms with Gasteiger partial charge in [0, 0.05) is 26.2 Å². The van der Waals surface area contributed by atoms with Crippen LogP contribution in [0.3, 0.4) is 0 Å². The second kappa shape index (κ2) is 6.35. The lowest BCUT2D eigenvalue weighted by Gasteiger charge is -2.37. The van der Waals surface area contributed by atoms with Crippen LogP contribution in [-0.4, -0.2) is 61.1 Å². The lowest BCUT2D eigenvalue weighted by Crippen LogP contribution is -2.54. The van der Waals surface area contributed by atoms with Gasteiger partial charge in [-0.2, -0.15) is 0 Å². The van der Waals surface area contributed by atoms with E-state index in [0.29, 0.717) is 18.1 Å². The summed E-state index contributed by atoms with van der Waals surface area (Å²) < 4.78 is 11.4. The molecule has 0 bridgehead atoms. The largest absolute Gasteiger partial charge is 0.485 e. The number of ether oxygens (including phenoxy) is 2. The Balaban J connectivity index is 1.57. The maximum absolute atomic E-state index is 12.5. The highest BCUT2D eigenvalue weighted by Crippen LogP contribution is 2.31. The van der Waals surface area contributed by atoms with E-state index in [1.807, 2.05) is 29.2 Å². The van der Waals surface area contributed by atoms with E-state index in [1.54, 1.807) is 0 Å². The van der Waals surface area contributed by atoms with Crippen LogP contribution in [0.1, 0.15) is 13.3 Å². The standard InChI is InChI=1S/C16H22N2O3/c1-2-7-17-8-10-18(11-9-17)16(19)15-12-20-13-5-3-4-6-14(13)21-15/h3-6,15H,2,7-12H2,1H3. The molecule has 2 aliphatic rings. The molecule has 5 nitrogen and oxygen atoms in total. The van der Waals surface area contributed by atoms with E-state index in [0.717, 1.165) is 39.1 Å². The first-order valence-corrected chi connectivity index (χ1v) is 7.67. The molecule has 0 N–H and O–H groups in total. The summed E-state index contributed by atoms with van der Waals surface area (Å²) in [5.74, 6) is 1.42. The van der Waals surface area contributed by atoms with Crippen LogP contribution in [0.15, 0.2) is 24.3 Å². The van der Waals surface area contributed by atoms with Crippen molar-refractivity contribution in [2.75, 3.05) is 39.3 Å². The first-order chi connectivity index (χ1) is 10.3. The number of hydrogen-bond donors (Lipinski definition) is 0.